The van der Waals surface area contributed by atoms with Crippen LogP contribution in [0.2, 0.25) is 0 Å². The molecule has 0 radical (unpaired) electrons. The van der Waals surface area contributed by atoms with Crippen molar-refractivity contribution in [3.63, 3.8) is 0 Å². The van der Waals surface area contributed by atoms with E-state index in [4.69, 9.17) is 14.2 Å². The molecular formula is C17H23NO5. The van der Waals surface area contributed by atoms with Gasteiger partial charge in [-0.05, 0) is 19.1 Å². The Balaban J connectivity index is 2.37. The molecular weight excluding hydrogens is 298 g/mol. The van der Waals surface area contributed by atoms with E-state index >= 15 is 0 Å². The predicted molar refractivity (Wildman–Crippen MR) is 85.4 cm³/mol. The van der Waals surface area contributed by atoms with Crippen molar-refractivity contribution in [1.82, 2.24) is 4.90 Å². The highest BCUT2D eigenvalue weighted by atomic mass is 16.5. The Hall–Kier alpha value is -2.24. The summed E-state index contributed by atoms with van der Waals surface area (Å²) in [6.07, 6.45) is 0.386. The molecule has 1 fully saturated rings. The highest BCUT2D eigenvalue weighted by molar-refractivity contribution is 5.97. The van der Waals surface area contributed by atoms with Gasteiger partial charge in [0.05, 0.1) is 21.3 Å². The van der Waals surface area contributed by atoms with Gasteiger partial charge < -0.3 is 19.1 Å². The number of hydrogen-bond donors (Lipinski definition) is 0. The molecule has 0 N–H and O–H groups in total. The summed E-state index contributed by atoms with van der Waals surface area (Å²) in [5.41, 5.74) is 0.452. The van der Waals surface area contributed by atoms with Crippen molar-refractivity contribution in [2.75, 3.05) is 27.9 Å². The van der Waals surface area contributed by atoms with Crippen LogP contribution in [0.1, 0.15) is 30.6 Å². The number of piperidine rings is 1. The zero-order valence-corrected chi connectivity index (χ0v) is 14.2. The average Bonchev–Trinajstić information content (AvgIpc) is 2.55. The quantitative estimate of drug-likeness (QED) is 0.850. The SMILES string of the molecule is COc1cc(C(=O)N2C[C@H](C)C(=O)C[C@H]2C)cc(OC)c1OC. The third-order valence-corrected chi connectivity index (χ3v) is 4.22. The van der Waals surface area contributed by atoms with Gasteiger partial charge in [0.2, 0.25) is 5.75 Å². The van der Waals surface area contributed by atoms with Crippen LogP contribution in [-0.2, 0) is 4.79 Å². The van der Waals surface area contributed by atoms with E-state index in [1.807, 2.05) is 13.8 Å². The van der Waals surface area contributed by atoms with E-state index in [9.17, 15) is 9.59 Å². The molecule has 0 spiro atoms. The molecule has 1 aromatic rings. The lowest BCUT2D eigenvalue weighted by molar-refractivity contribution is -0.126. The third kappa shape index (κ3) is 3.25. The molecule has 1 heterocycles. The molecule has 2 atom stereocenters. The highest BCUT2D eigenvalue weighted by Gasteiger charge is 2.33. The lowest BCUT2D eigenvalue weighted by Crippen LogP contribution is -2.48. The molecule has 2 rings (SSSR count). The van der Waals surface area contributed by atoms with E-state index in [-0.39, 0.29) is 23.7 Å². The second-order valence-electron chi connectivity index (χ2n) is 5.79. The number of carbonyl (C=O) groups is 2. The minimum Gasteiger partial charge on any atom is -0.493 e. The van der Waals surface area contributed by atoms with Crippen LogP contribution in [0.4, 0.5) is 0 Å². The van der Waals surface area contributed by atoms with Crippen LogP contribution < -0.4 is 14.2 Å². The van der Waals surface area contributed by atoms with Crippen molar-refractivity contribution in [3.05, 3.63) is 17.7 Å². The number of benzene rings is 1. The molecule has 126 valence electrons. The highest BCUT2D eigenvalue weighted by Crippen LogP contribution is 2.38. The summed E-state index contributed by atoms with van der Waals surface area (Å²) in [4.78, 5) is 26.4. The fourth-order valence-electron chi connectivity index (χ4n) is 2.83. The Morgan fingerprint density at radius 2 is 1.65 bits per heavy atom. The number of methoxy groups -OCH3 is 3. The van der Waals surface area contributed by atoms with E-state index in [1.165, 1.54) is 21.3 Å². The Morgan fingerprint density at radius 1 is 1.09 bits per heavy atom. The lowest BCUT2D eigenvalue weighted by atomic mass is 9.93. The van der Waals surface area contributed by atoms with Gasteiger partial charge in [-0.2, -0.15) is 0 Å². The molecule has 0 unspecified atom stereocenters. The minimum atomic E-state index is -0.142. The maximum atomic E-state index is 12.9. The molecule has 1 aliphatic heterocycles. The van der Waals surface area contributed by atoms with Crippen molar-refractivity contribution >= 4 is 11.7 Å². The molecule has 1 aromatic carbocycles. The Kier molecular flexibility index (Phi) is 5.13. The van der Waals surface area contributed by atoms with Crippen molar-refractivity contribution in [2.24, 2.45) is 5.92 Å². The van der Waals surface area contributed by atoms with Gasteiger partial charge in [-0.15, -0.1) is 0 Å². The summed E-state index contributed by atoms with van der Waals surface area (Å²) in [6.45, 7) is 4.17. The van der Waals surface area contributed by atoms with E-state index in [0.29, 0.717) is 35.8 Å². The maximum absolute atomic E-state index is 12.9. The summed E-state index contributed by atoms with van der Waals surface area (Å²) < 4.78 is 15.9. The van der Waals surface area contributed by atoms with Crippen LogP contribution in [0.3, 0.4) is 0 Å². The third-order valence-electron chi connectivity index (χ3n) is 4.22. The zero-order chi connectivity index (χ0) is 17.1. The Bertz CT molecular complexity index is 588. The summed E-state index contributed by atoms with van der Waals surface area (Å²) in [5.74, 6) is 1.23. The fourth-order valence-corrected chi connectivity index (χ4v) is 2.83. The largest absolute Gasteiger partial charge is 0.493 e. The summed E-state index contributed by atoms with van der Waals surface area (Å²) >= 11 is 0. The number of amides is 1. The van der Waals surface area contributed by atoms with Gasteiger partial charge in [0.15, 0.2) is 11.5 Å². The Labute approximate surface area is 136 Å². The van der Waals surface area contributed by atoms with Crippen LogP contribution in [0.25, 0.3) is 0 Å². The zero-order valence-electron chi connectivity index (χ0n) is 14.2. The first kappa shape index (κ1) is 17.1. The first-order valence-corrected chi connectivity index (χ1v) is 7.56. The number of Topliss-reactive ketones (excluding diaryl/α,β-unsaturated/α-hetero) is 1. The van der Waals surface area contributed by atoms with Gasteiger partial charge in [0, 0.05) is 30.5 Å². The summed E-state index contributed by atoms with van der Waals surface area (Å²) in [5, 5.41) is 0. The second kappa shape index (κ2) is 6.89. The molecule has 1 amide bonds. The minimum absolute atomic E-state index is 0.120. The van der Waals surface area contributed by atoms with E-state index in [1.54, 1.807) is 17.0 Å². The van der Waals surface area contributed by atoms with Gasteiger partial charge in [-0.1, -0.05) is 6.92 Å². The Morgan fingerprint density at radius 3 is 2.13 bits per heavy atom. The molecule has 6 heteroatoms. The summed E-state index contributed by atoms with van der Waals surface area (Å²) in [6, 6.07) is 3.15. The predicted octanol–water partition coefficient (Wildman–Crippen LogP) is 2.15. The number of ketones is 1. The second-order valence-corrected chi connectivity index (χ2v) is 5.79. The molecule has 0 saturated carbocycles. The van der Waals surface area contributed by atoms with E-state index in [0.717, 1.165) is 0 Å². The number of ether oxygens (including phenoxy) is 3. The van der Waals surface area contributed by atoms with Crippen LogP contribution in [0.5, 0.6) is 17.2 Å². The van der Waals surface area contributed by atoms with Gasteiger partial charge >= 0.3 is 0 Å². The van der Waals surface area contributed by atoms with Crippen molar-refractivity contribution in [3.8, 4) is 17.2 Å². The van der Waals surface area contributed by atoms with Gasteiger partial charge in [0.25, 0.3) is 5.91 Å². The number of rotatable bonds is 4. The van der Waals surface area contributed by atoms with Crippen molar-refractivity contribution < 1.29 is 23.8 Å². The molecule has 0 bridgehead atoms. The lowest BCUT2D eigenvalue weighted by Gasteiger charge is -2.36. The first-order chi connectivity index (χ1) is 10.9. The van der Waals surface area contributed by atoms with E-state index < -0.39 is 0 Å². The monoisotopic (exact) mass is 321 g/mol. The van der Waals surface area contributed by atoms with Gasteiger partial charge in [0.1, 0.15) is 5.78 Å². The van der Waals surface area contributed by atoms with Crippen molar-refractivity contribution in [1.29, 1.82) is 0 Å². The van der Waals surface area contributed by atoms with Crippen LogP contribution in [0, 0.1) is 5.92 Å². The maximum Gasteiger partial charge on any atom is 0.254 e. The molecule has 0 aliphatic carbocycles. The van der Waals surface area contributed by atoms with Gasteiger partial charge in [-0.3, -0.25) is 9.59 Å². The first-order valence-electron chi connectivity index (χ1n) is 7.56. The van der Waals surface area contributed by atoms with Crippen LogP contribution >= 0.6 is 0 Å². The topological polar surface area (TPSA) is 65.1 Å². The number of likely N-dealkylation sites (tertiary alicyclic amines) is 1. The number of hydrogen-bond acceptors (Lipinski definition) is 5. The number of carbonyl (C=O) groups excluding carboxylic acids is 2. The molecule has 6 nitrogen and oxygen atoms in total. The fraction of sp³-hybridized carbons (Fsp3) is 0.529. The normalized spacial score (nSPS) is 21.1. The number of nitrogens with zero attached hydrogens (tertiary/aromatic N) is 1. The molecule has 0 aromatic heterocycles. The van der Waals surface area contributed by atoms with Gasteiger partial charge in [-0.25, -0.2) is 0 Å². The van der Waals surface area contributed by atoms with Crippen LogP contribution in [0.15, 0.2) is 12.1 Å². The van der Waals surface area contributed by atoms with E-state index in [2.05, 4.69) is 0 Å². The van der Waals surface area contributed by atoms with Crippen LogP contribution in [-0.4, -0.2) is 50.5 Å². The smallest absolute Gasteiger partial charge is 0.254 e. The average molecular weight is 321 g/mol. The molecule has 1 saturated heterocycles. The van der Waals surface area contributed by atoms with Crippen molar-refractivity contribution in [2.45, 2.75) is 26.3 Å². The molecule has 23 heavy (non-hydrogen) atoms. The summed E-state index contributed by atoms with van der Waals surface area (Å²) in [7, 11) is 4.54. The standard InChI is InChI=1S/C17H23NO5/c1-10-9-18(11(2)6-13(10)19)17(20)12-7-14(21-3)16(23-5)15(8-12)22-4/h7-8,10-11H,6,9H2,1-5H3/t10-,11+/m0/s1. The molecule has 1 aliphatic rings.